The van der Waals surface area contributed by atoms with Crippen LogP contribution in [0, 0.1) is 12.8 Å². The van der Waals surface area contributed by atoms with E-state index in [1.807, 2.05) is 0 Å². The fourth-order valence-corrected chi connectivity index (χ4v) is 3.33. The van der Waals surface area contributed by atoms with Crippen LogP contribution >= 0.6 is 0 Å². The van der Waals surface area contributed by atoms with Crippen LogP contribution < -0.4 is 5.32 Å². The molecule has 2 nitrogen and oxygen atoms in total. The number of rotatable bonds is 5. The molecule has 0 saturated carbocycles. The molecule has 1 aromatic rings. The smallest absolute Gasteiger partial charge is 0.0352 e. The Morgan fingerprint density at radius 1 is 1.47 bits per heavy atom. The molecule has 0 fully saturated rings. The van der Waals surface area contributed by atoms with E-state index in [4.69, 9.17) is 0 Å². The Hall–Kier alpha value is -0.670. The van der Waals surface area contributed by atoms with Gasteiger partial charge in [0.05, 0.1) is 0 Å². The number of nitrogens with one attached hydrogen (secondary N) is 1. The first-order valence-corrected chi connectivity index (χ1v) is 8.76. The number of hydrogen-bond acceptors (Lipinski definition) is 2. The van der Waals surface area contributed by atoms with E-state index in [-0.39, 0.29) is 5.25 Å². The summed E-state index contributed by atoms with van der Waals surface area (Å²) < 4.78 is 11.4. The third-order valence-corrected chi connectivity index (χ3v) is 5.60. The van der Waals surface area contributed by atoms with Crippen molar-refractivity contribution in [2.45, 2.75) is 44.9 Å². The fraction of sp³-hybridized carbons (Fsp3) is 0.625. The van der Waals surface area contributed by atoms with Gasteiger partial charge in [0.1, 0.15) is 0 Å². The zero-order valence-electron chi connectivity index (χ0n) is 12.4. The maximum Gasteiger partial charge on any atom is 0.0352 e. The minimum absolute atomic E-state index is 0.279. The van der Waals surface area contributed by atoms with Gasteiger partial charge in [-0.3, -0.25) is 4.21 Å². The second-order valence-electron chi connectivity index (χ2n) is 5.91. The van der Waals surface area contributed by atoms with Crippen LogP contribution in [0.5, 0.6) is 0 Å². The molecule has 0 saturated heterocycles. The maximum atomic E-state index is 11.4. The van der Waals surface area contributed by atoms with Crippen molar-refractivity contribution in [1.82, 2.24) is 5.32 Å². The summed E-state index contributed by atoms with van der Waals surface area (Å²) in [5, 5.41) is 3.94. The van der Waals surface area contributed by atoms with Crippen LogP contribution in [0.2, 0.25) is 0 Å². The summed E-state index contributed by atoms with van der Waals surface area (Å²) in [4.78, 5) is 0. The standard InChI is InChI=1S/C16H25NOS/c1-11-5-6-14-10-12(2)16(15(14)9-11)17-8-7-13(3)19(4)18/h5-6,9,12-13,16-17H,7-8,10H2,1-4H3/t12-,13+,16-,19-/m1/s1. The molecule has 0 aromatic heterocycles. The highest BCUT2D eigenvalue weighted by Crippen LogP contribution is 2.36. The molecule has 0 spiro atoms. The summed E-state index contributed by atoms with van der Waals surface area (Å²) in [5.41, 5.74) is 4.29. The predicted molar refractivity (Wildman–Crippen MR) is 82.9 cm³/mol. The molecule has 0 radical (unpaired) electrons. The molecule has 1 N–H and O–H groups in total. The van der Waals surface area contributed by atoms with E-state index < -0.39 is 10.8 Å². The van der Waals surface area contributed by atoms with Gasteiger partial charge in [-0.1, -0.05) is 37.6 Å². The summed E-state index contributed by atoms with van der Waals surface area (Å²) in [6.45, 7) is 7.48. The number of aryl methyl sites for hydroxylation is 1. The molecule has 0 amide bonds. The van der Waals surface area contributed by atoms with E-state index >= 15 is 0 Å². The fourth-order valence-electron chi connectivity index (χ4n) is 2.88. The summed E-state index contributed by atoms with van der Waals surface area (Å²) in [5.74, 6) is 0.652. The number of hydrogen-bond donors (Lipinski definition) is 1. The molecular formula is C16H25NOS. The lowest BCUT2D eigenvalue weighted by molar-refractivity contribution is 0.413. The lowest BCUT2D eigenvalue weighted by atomic mass is 10.0. The van der Waals surface area contributed by atoms with E-state index in [0.29, 0.717) is 12.0 Å². The first-order chi connectivity index (χ1) is 8.99. The Kier molecular flexibility index (Phi) is 4.80. The molecule has 19 heavy (non-hydrogen) atoms. The van der Waals surface area contributed by atoms with Gasteiger partial charge in [0.25, 0.3) is 0 Å². The first kappa shape index (κ1) is 14.7. The van der Waals surface area contributed by atoms with Gasteiger partial charge in [-0.2, -0.15) is 0 Å². The predicted octanol–water partition coefficient (Wildman–Crippen LogP) is 2.98. The zero-order chi connectivity index (χ0) is 14.0. The van der Waals surface area contributed by atoms with E-state index in [1.165, 1.54) is 23.1 Å². The Morgan fingerprint density at radius 3 is 2.89 bits per heavy atom. The van der Waals surface area contributed by atoms with Crippen molar-refractivity contribution in [3.05, 3.63) is 34.9 Å². The summed E-state index contributed by atoms with van der Waals surface area (Å²) >= 11 is 0. The van der Waals surface area contributed by atoms with Crippen molar-refractivity contribution in [1.29, 1.82) is 0 Å². The molecule has 0 bridgehead atoms. The summed E-state index contributed by atoms with van der Waals surface area (Å²) in [6.07, 6.45) is 3.94. The van der Waals surface area contributed by atoms with Gasteiger partial charge in [-0.25, -0.2) is 0 Å². The molecule has 4 atom stereocenters. The molecule has 3 heteroatoms. The highest BCUT2D eigenvalue weighted by molar-refractivity contribution is 7.84. The van der Waals surface area contributed by atoms with Gasteiger partial charge < -0.3 is 5.32 Å². The number of fused-ring (bicyclic) bond motifs is 1. The Morgan fingerprint density at radius 2 is 2.21 bits per heavy atom. The largest absolute Gasteiger partial charge is 0.310 e. The van der Waals surface area contributed by atoms with Gasteiger partial charge in [-0.15, -0.1) is 0 Å². The molecule has 0 heterocycles. The quantitative estimate of drug-likeness (QED) is 0.898. The van der Waals surface area contributed by atoms with Crippen LogP contribution in [0.3, 0.4) is 0 Å². The summed E-state index contributed by atoms with van der Waals surface area (Å²) in [6, 6.07) is 7.26. The maximum absolute atomic E-state index is 11.4. The summed E-state index contributed by atoms with van der Waals surface area (Å²) in [7, 11) is -0.711. The van der Waals surface area contributed by atoms with Crippen LogP contribution in [0.15, 0.2) is 18.2 Å². The van der Waals surface area contributed by atoms with E-state index in [2.05, 4.69) is 44.3 Å². The monoisotopic (exact) mass is 279 g/mol. The first-order valence-electron chi connectivity index (χ1n) is 7.14. The van der Waals surface area contributed by atoms with Gasteiger partial charge >= 0.3 is 0 Å². The minimum Gasteiger partial charge on any atom is -0.310 e. The zero-order valence-corrected chi connectivity index (χ0v) is 13.2. The van der Waals surface area contributed by atoms with Crippen LogP contribution in [0.4, 0.5) is 0 Å². The Labute approximate surface area is 119 Å². The SMILES string of the molecule is Cc1ccc2c(c1)[C@H](NCC[C@H](C)[S@@](C)=O)[C@H](C)C2. The van der Waals surface area contributed by atoms with E-state index in [9.17, 15) is 4.21 Å². The second kappa shape index (κ2) is 6.19. The normalized spacial score (nSPS) is 25.1. The molecule has 1 aliphatic rings. The molecule has 0 unspecified atom stereocenters. The van der Waals surface area contributed by atoms with Crippen LogP contribution in [0.1, 0.15) is 43.0 Å². The van der Waals surface area contributed by atoms with Crippen molar-refractivity contribution < 1.29 is 4.21 Å². The van der Waals surface area contributed by atoms with E-state index in [1.54, 1.807) is 6.26 Å². The van der Waals surface area contributed by atoms with Gasteiger partial charge in [-0.05, 0) is 43.4 Å². The van der Waals surface area contributed by atoms with E-state index in [0.717, 1.165) is 13.0 Å². The second-order valence-corrected chi connectivity index (χ2v) is 7.72. The molecule has 106 valence electrons. The van der Waals surface area contributed by atoms with Crippen molar-refractivity contribution in [2.24, 2.45) is 5.92 Å². The van der Waals surface area contributed by atoms with Crippen molar-refractivity contribution in [3.8, 4) is 0 Å². The lowest BCUT2D eigenvalue weighted by Crippen LogP contribution is -2.27. The molecule has 2 rings (SSSR count). The molecule has 1 aliphatic carbocycles. The van der Waals surface area contributed by atoms with Crippen molar-refractivity contribution in [2.75, 3.05) is 12.8 Å². The van der Waals surface area contributed by atoms with Crippen LogP contribution in [-0.4, -0.2) is 22.3 Å². The van der Waals surface area contributed by atoms with Gasteiger partial charge in [0.15, 0.2) is 0 Å². The van der Waals surface area contributed by atoms with Crippen LogP contribution in [0.25, 0.3) is 0 Å². The molecular weight excluding hydrogens is 254 g/mol. The highest BCUT2D eigenvalue weighted by atomic mass is 32.2. The Bertz CT molecular complexity index is 472. The molecule has 0 aliphatic heterocycles. The Balaban J connectivity index is 1.98. The van der Waals surface area contributed by atoms with Crippen LogP contribution in [-0.2, 0) is 17.2 Å². The average molecular weight is 279 g/mol. The van der Waals surface area contributed by atoms with Gasteiger partial charge in [0, 0.05) is 28.3 Å². The minimum atomic E-state index is -0.711. The topological polar surface area (TPSA) is 29.1 Å². The lowest BCUT2D eigenvalue weighted by Gasteiger charge is -2.20. The third-order valence-electron chi connectivity index (χ3n) is 4.23. The van der Waals surface area contributed by atoms with Crippen molar-refractivity contribution in [3.63, 3.8) is 0 Å². The molecule has 1 aromatic carbocycles. The van der Waals surface area contributed by atoms with Gasteiger partial charge in [0.2, 0.25) is 0 Å². The third kappa shape index (κ3) is 3.46. The van der Waals surface area contributed by atoms with Crippen molar-refractivity contribution >= 4 is 10.8 Å². The number of benzene rings is 1. The average Bonchev–Trinajstić information content (AvgIpc) is 2.65. The highest BCUT2D eigenvalue weighted by Gasteiger charge is 2.28.